The molecule has 1 atom stereocenters. The molecule has 1 fully saturated rings. The van der Waals surface area contributed by atoms with Crippen molar-refractivity contribution in [2.75, 3.05) is 27.4 Å². The molecule has 1 aromatic heterocycles. The highest BCUT2D eigenvalue weighted by atomic mass is 16.6. The molecule has 0 saturated carbocycles. The normalized spacial score (nSPS) is 18.5. The monoisotopic (exact) mass is 412 g/mol. The fourth-order valence-electron chi connectivity index (χ4n) is 3.61. The third-order valence-electron chi connectivity index (χ3n) is 5.14. The maximum atomic E-state index is 6.15. The van der Waals surface area contributed by atoms with Gasteiger partial charge in [-0.1, -0.05) is 13.8 Å². The van der Waals surface area contributed by atoms with E-state index in [4.69, 9.17) is 18.9 Å². The van der Waals surface area contributed by atoms with Crippen LogP contribution in [0.1, 0.15) is 39.5 Å². The molecular weight excluding hydrogens is 380 g/mol. The Bertz CT molecular complexity index is 879. The number of benzene rings is 1. The first-order valence-corrected chi connectivity index (χ1v) is 10.7. The lowest BCUT2D eigenvalue weighted by Crippen LogP contribution is -2.16. The molecular formula is C24H32N2O4. The topological polar surface area (TPSA) is 54.7 Å². The number of rotatable bonds is 6. The summed E-state index contributed by atoms with van der Waals surface area (Å²) in [6, 6.07) is 8.04. The lowest BCUT2D eigenvalue weighted by atomic mass is 10.1. The molecule has 1 saturated heterocycles. The van der Waals surface area contributed by atoms with Gasteiger partial charge in [-0.3, -0.25) is 0 Å². The Labute approximate surface area is 179 Å². The van der Waals surface area contributed by atoms with E-state index in [1.54, 1.807) is 14.2 Å². The maximum Gasteiger partial charge on any atom is 0.162 e. The smallest absolute Gasteiger partial charge is 0.162 e. The molecule has 2 aromatic rings. The van der Waals surface area contributed by atoms with Gasteiger partial charge in [0.1, 0.15) is 6.10 Å². The van der Waals surface area contributed by atoms with E-state index in [1.165, 1.54) is 0 Å². The summed E-state index contributed by atoms with van der Waals surface area (Å²) < 4.78 is 24.5. The van der Waals surface area contributed by atoms with Crippen LogP contribution in [0.5, 0.6) is 11.5 Å². The molecule has 30 heavy (non-hydrogen) atoms. The van der Waals surface area contributed by atoms with E-state index in [2.05, 4.69) is 11.2 Å². The third kappa shape index (κ3) is 5.05. The van der Waals surface area contributed by atoms with Crippen LogP contribution in [0.25, 0.3) is 17.0 Å². The van der Waals surface area contributed by atoms with Gasteiger partial charge in [-0.05, 0) is 49.3 Å². The minimum atomic E-state index is 0.0660. The number of ether oxygens (including phenoxy) is 4. The van der Waals surface area contributed by atoms with E-state index >= 15 is 0 Å². The number of nitrogens with zero attached hydrogens (tertiary/aromatic N) is 2. The predicted octanol–water partition coefficient (Wildman–Crippen LogP) is 5.31. The van der Waals surface area contributed by atoms with Gasteiger partial charge in [-0.25, -0.2) is 4.68 Å². The molecule has 1 unspecified atom stereocenters. The van der Waals surface area contributed by atoms with E-state index in [0.717, 1.165) is 66.5 Å². The molecule has 6 heteroatoms. The highest BCUT2D eigenvalue weighted by Gasteiger charge is 2.20. The molecule has 1 aliphatic heterocycles. The average Bonchev–Trinajstić information content (AvgIpc) is 3.43. The Balaban J connectivity index is 0.00000124. The van der Waals surface area contributed by atoms with Gasteiger partial charge in [0.25, 0.3) is 0 Å². The van der Waals surface area contributed by atoms with Crippen molar-refractivity contribution in [2.24, 2.45) is 0 Å². The summed E-state index contributed by atoms with van der Waals surface area (Å²) in [6.07, 6.45) is 9.84. The van der Waals surface area contributed by atoms with Gasteiger partial charge in [0.15, 0.2) is 11.5 Å². The van der Waals surface area contributed by atoms with E-state index in [1.807, 2.05) is 55.1 Å². The van der Waals surface area contributed by atoms with Crippen molar-refractivity contribution >= 4 is 5.70 Å². The van der Waals surface area contributed by atoms with E-state index < -0.39 is 0 Å². The van der Waals surface area contributed by atoms with E-state index in [0.29, 0.717) is 6.61 Å². The Morgan fingerprint density at radius 2 is 1.90 bits per heavy atom. The lowest BCUT2D eigenvalue weighted by molar-refractivity contribution is 0.138. The van der Waals surface area contributed by atoms with E-state index in [-0.39, 0.29) is 6.10 Å². The zero-order valence-electron chi connectivity index (χ0n) is 18.4. The Morgan fingerprint density at radius 1 is 1.03 bits per heavy atom. The number of hydrogen-bond acceptors (Lipinski definition) is 5. The summed E-state index contributed by atoms with van der Waals surface area (Å²) in [5.74, 6) is 2.46. The van der Waals surface area contributed by atoms with Gasteiger partial charge in [-0.15, -0.1) is 0 Å². The van der Waals surface area contributed by atoms with E-state index in [9.17, 15) is 0 Å². The molecule has 2 heterocycles. The van der Waals surface area contributed by atoms with Crippen LogP contribution in [-0.4, -0.2) is 43.3 Å². The number of methoxy groups -OCH3 is 2. The molecule has 162 valence electrons. The fraction of sp³-hybridized carbons (Fsp3) is 0.458. The molecule has 6 nitrogen and oxygen atoms in total. The van der Waals surface area contributed by atoms with Crippen LogP contribution in [0.4, 0.5) is 0 Å². The quantitative estimate of drug-likeness (QED) is 0.644. The Kier molecular flexibility index (Phi) is 7.97. The summed E-state index contributed by atoms with van der Waals surface area (Å²) >= 11 is 0. The average molecular weight is 413 g/mol. The van der Waals surface area contributed by atoms with Crippen LogP contribution in [0, 0.1) is 0 Å². The lowest BCUT2D eigenvalue weighted by Gasteiger charge is -2.17. The van der Waals surface area contributed by atoms with Gasteiger partial charge in [-0.2, -0.15) is 5.10 Å². The van der Waals surface area contributed by atoms with Crippen LogP contribution in [0.15, 0.2) is 48.4 Å². The molecule has 1 aromatic carbocycles. The second-order valence-electron chi connectivity index (χ2n) is 6.95. The van der Waals surface area contributed by atoms with Gasteiger partial charge >= 0.3 is 0 Å². The highest BCUT2D eigenvalue weighted by molar-refractivity contribution is 5.68. The summed E-state index contributed by atoms with van der Waals surface area (Å²) in [4.78, 5) is 0. The van der Waals surface area contributed by atoms with Crippen molar-refractivity contribution in [3.05, 3.63) is 48.4 Å². The SMILES string of the molecule is CC.COC1=CC=C(n2nccc2-c2ccc(OC)c(OC3CCOC3)c2)CCC1. The first-order chi connectivity index (χ1) is 14.8. The van der Waals surface area contributed by atoms with Crippen molar-refractivity contribution in [2.45, 2.75) is 45.6 Å². The summed E-state index contributed by atoms with van der Waals surface area (Å²) in [7, 11) is 3.38. The van der Waals surface area contributed by atoms with Crippen LogP contribution in [-0.2, 0) is 9.47 Å². The first kappa shape index (κ1) is 22.0. The minimum Gasteiger partial charge on any atom is -0.501 e. The molecule has 1 aliphatic carbocycles. The van der Waals surface area contributed by atoms with Gasteiger partial charge in [0.2, 0.25) is 0 Å². The van der Waals surface area contributed by atoms with Gasteiger partial charge in [0, 0.05) is 24.1 Å². The summed E-state index contributed by atoms with van der Waals surface area (Å²) in [5, 5.41) is 4.57. The summed E-state index contributed by atoms with van der Waals surface area (Å²) in [6.45, 7) is 5.36. The molecule has 0 radical (unpaired) electrons. The van der Waals surface area contributed by atoms with Crippen LogP contribution < -0.4 is 9.47 Å². The maximum absolute atomic E-state index is 6.15. The van der Waals surface area contributed by atoms with Crippen LogP contribution in [0.3, 0.4) is 0 Å². The Morgan fingerprint density at radius 3 is 2.63 bits per heavy atom. The van der Waals surface area contributed by atoms with Crippen molar-refractivity contribution in [1.29, 1.82) is 0 Å². The van der Waals surface area contributed by atoms with Crippen LogP contribution >= 0.6 is 0 Å². The number of aromatic nitrogens is 2. The molecule has 0 spiro atoms. The molecule has 4 rings (SSSR count). The van der Waals surface area contributed by atoms with Gasteiger partial charge < -0.3 is 18.9 Å². The molecule has 2 aliphatic rings. The fourth-order valence-corrected chi connectivity index (χ4v) is 3.61. The first-order valence-electron chi connectivity index (χ1n) is 10.7. The predicted molar refractivity (Wildman–Crippen MR) is 119 cm³/mol. The molecule has 0 amide bonds. The molecule has 0 N–H and O–H groups in total. The zero-order chi connectivity index (χ0) is 21.3. The third-order valence-corrected chi connectivity index (χ3v) is 5.14. The second-order valence-corrected chi connectivity index (χ2v) is 6.95. The van der Waals surface area contributed by atoms with Crippen molar-refractivity contribution in [3.63, 3.8) is 0 Å². The molecule has 0 bridgehead atoms. The van der Waals surface area contributed by atoms with Crippen molar-refractivity contribution in [3.8, 4) is 22.8 Å². The minimum absolute atomic E-state index is 0.0660. The largest absolute Gasteiger partial charge is 0.501 e. The standard InChI is InChI=1S/C22H26N2O4.C2H6/c1-25-18-5-3-4-17(7-8-18)24-20(10-12-23-24)16-6-9-21(26-2)22(14-16)28-19-11-13-27-15-19;1-2/h6-10,12,14,19H,3-5,11,13,15H2,1-2H3;1-2H3. The van der Waals surface area contributed by atoms with Crippen LogP contribution in [0.2, 0.25) is 0 Å². The summed E-state index contributed by atoms with van der Waals surface area (Å²) in [5.41, 5.74) is 3.21. The number of allylic oxidation sites excluding steroid dienone is 4. The zero-order valence-corrected chi connectivity index (χ0v) is 18.4. The number of hydrogen-bond donors (Lipinski definition) is 0. The van der Waals surface area contributed by atoms with Gasteiger partial charge in [0.05, 0.1) is 45.1 Å². The Hall–Kier alpha value is -2.73. The van der Waals surface area contributed by atoms with Crippen molar-refractivity contribution < 1.29 is 18.9 Å². The highest BCUT2D eigenvalue weighted by Crippen LogP contribution is 2.35. The van der Waals surface area contributed by atoms with Crippen molar-refractivity contribution in [1.82, 2.24) is 9.78 Å². The second kappa shape index (κ2) is 10.9.